The van der Waals surface area contributed by atoms with E-state index in [0.29, 0.717) is 0 Å². The van der Waals surface area contributed by atoms with Crippen LogP contribution in [0.5, 0.6) is 0 Å². The molecule has 0 aliphatic carbocycles. The van der Waals surface area contributed by atoms with Crippen molar-refractivity contribution in [3.05, 3.63) is 29.3 Å². The Morgan fingerprint density at radius 3 is 1.63 bits per heavy atom. The van der Waals surface area contributed by atoms with Crippen molar-refractivity contribution in [3.63, 3.8) is 0 Å². The van der Waals surface area contributed by atoms with E-state index >= 15 is 0 Å². The van der Waals surface area contributed by atoms with E-state index in [1.807, 2.05) is 0 Å². The van der Waals surface area contributed by atoms with Crippen LogP contribution in [0.15, 0.2) is 23.1 Å². The molecule has 104 valence electrons. The van der Waals surface area contributed by atoms with Crippen LogP contribution in [0, 0.1) is 0 Å². The zero-order valence-electron chi connectivity index (χ0n) is 8.17. The van der Waals surface area contributed by atoms with Gasteiger partial charge in [-0.25, -0.2) is 0 Å². The minimum absolute atomic E-state index is 0. The predicted molar refractivity (Wildman–Crippen MR) is 53.4 cm³/mol. The fourth-order valence-corrected chi connectivity index (χ4v) is 1.67. The molecule has 0 atom stereocenters. The van der Waals surface area contributed by atoms with Gasteiger partial charge in [0.1, 0.15) is 0 Å². The number of halogens is 6. The van der Waals surface area contributed by atoms with Crippen molar-refractivity contribution in [2.24, 2.45) is 0 Å². The summed E-state index contributed by atoms with van der Waals surface area (Å²) < 4.78 is 104. The van der Waals surface area contributed by atoms with E-state index in [9.17, 15) is 34.8 Å². The maximum atomic E-state index is 12.4. The second kappa shape index (κ2) is 5.60. The van der Waals surface area contributed by atoms with Crippen molar-refractivity contribution in [1.29, 1.82) is 0 Å². The fraction of sp³-hybridized carbons (Fsp3) is 0.250. The summed E-state index contributed by atoms with van der Waals surface area (Å²) in [5.41, 5.74) is -4.20. The molecule has 0 aromatic heterocycles. The molecule has 3 nitrogen and oxygen atoms in total. The van der Waals surface area contributed by atoms with Crippen LogP contribution in [-0.2, 0) is 22.5 Å². The Hall–Kier alpha value is -0.290. The van der Waals surface area contributed by atoms with Crippen molar-refractivity contribution in [2.75, 3.05) is 0 Å². The van der Waals surface area contributed by atoms with Gasteiger partial charge in [-0.1, -0.05) is 0 Å². The molecule has 1 rings (SSSR count). The molecule has 0 amide bonds. The third-order valence-corrected chi connectivity index (χ3v) is 2.75. The summed E-state index contributed by atoms with van der Waals surface area (Å²) >= 11 is 0. The van der Waals surface area contributed by atoms with Gasteiger partial charge in [0.2, 0.25) is 0 Å². The molecule has 0 saturated carbocycles. The van der Waals surface area contributed by atoms with Gasteiger partial charge < -0.3 is 0 Å². The first-order valence-electron chi connectivity index (χ1n) is 4.09. The topological polar surface area (TPSA) is 54.4 Å². The molecule has 11 heteroatoms. The van der Waals surface area contributed by atoms with Gasteiger partial charge in [-0.3, -0.25) is 4.55 Å². The van der Waals surface area contributed by atoms with Gasteiger partial charge in [-0.05, 0) is 18.2 Å². The molecule has 19 heavy (non-hydrogen) atoms. The number of hydrogen-bond donors (Lipinski definition) is 1. The van der Waals surface area contributed by atoms with Crippen molar-refractivity contribution < 1.29 is 39.3 Å². The van der Waals surface area contributed by atoms with Crippen molar-refractivity contribution in [1.82, 2.24) is 0 Å². The van der Waals surface area contributed by atoms with Crippen LogP contribution >= 0.6 is 0 Å². The SMILES string of the molecule is O=S(=O)(O)c1ccc(C(F)(F)F)c(C(F)(F)F)c1.[NaH]. The number of rotatable bonds is 1. The molecule has 0 bridgehead atoms. The molecular formula is C8H5F6NaO3S. The summed E-state index contributed by atoms with van der Waals surface area (Å²) in [7, 11) is -5.02. The van der Waals surface area contributed by atoms with Gasteiger partial charge in [-0.2, -0.15) is 34.8 Å². The standard InChI is InChI=1S/C8H4F6O3S.Na.H/c9-7(10,11)5-2-1-4(18(15,16)17)3-6(5)8(12,13)14;;/h1-3H,(H,15,16,17);;. The first-order chi connectivity index (χ1) is 7.83. The van der Waals surface area contributed by atoms with E-state index in [2.05, 4.69) is 0 Å². The van der Waals surface area contributed by atoms with Crippen LogP contribution in [0.4, 0.5) is 26.3 Å². The predicted octanol–water partition coefficient (Wildman–Crippen LogP) is 2.32. The Kier molecular flexibility index (Phi) is 5.52. The van der Waals surface area contributed by atoms with Gasteiger partial charge in [0.25, 0.3) is 10.1 Å². The number of benzene rings is 1. The third kappa shape index (κ3) is 4.63. The molecule has 1 N–H and O–H groups in total. The van der Waals surface area contributed by atoms with Gasteiger partial charge in [0.05, 0.1) is 16.0 Å². The van der Waals surface area contributed by atoms with Gasteiger partial charge >= 0.3 is 41.9 Å². The average Bonchev–Trinajstić information content (AvgIpc) is 2.12. The first kappa shape index (κ1) is 18.7. The molecule has 1 aromatic carbocycles. The van der Waals surface area contributed by atoms with Crippen LogP contribution in [0.25, 0.3) is 0 Å². The molecule has 0 spiro atoms. The normalized spacial score (nSPS) is 13.0. The molecule has 0 aliphatic heterocycles. The van der Waals surface area contributed by atoms with Crippen molar-refractivity contribution in [2.45, 2.75) is 17.2 Å². The summed E-state index contributed by atoms with van der Waals surface area (Å²) in [4.78, 5) is -1.26. The molecule has 0 aliphatic rings. The van der Waals surface area contributed by atoms with Crippen LogP contribution in [-0.4, -0.2) is 42.5 Å². The Balaban J connectivity index is 0.00000324. The summed E-state index contributed by atoms with van der Waals surface area (Å²) in [5, 5.41) is 0. The van der Waals surface area contributed by atoms with Gasteiger partial charge in [-0.15, -0.1) is 0 Å². The average molecular weight is 318 g/mol. The zero-order chi connectivity index (χ0) is 14.4. The molecule has 0 radical (unpaired) electrons. The summed E-state index contributed by atoms with van der Waals surface area (Å²) in [6.07, 6.45) is -10.7. The third-order valence-electron chi connectivity index (χ3n) is 1.90. The fourth-order valence-electron chi connectivity index (χ4n) is 1.17. The quantitative estimate of drug-likeness (QED) is 0.491. The molecule has 0 unspecified atom stereocenters. The van der Waals surface area contributed by atoms with E-state index in [1.165, 1.54) is 0 Å². The maximum absolute atomic E-state index is 12.4. The summed E-state index contributed by atoms with van der Waals surface area (Å²) in [6.45, 7) is 0. The molecule has 0 fully saturated rings. The van der Waals surface area contributed by atoms with Crippen LogP contribution in [0.2, 0.25) is 0 Å². The van der Waals surface area contributed by atoms with Gasteiger partial charge in [0, 0.05) is 0 Å². The Bertz CT molecular complexity index is 563. The second-order valence-electron chi connectivity index (χ2n) is 3.18. The Morgan fingerprint density at radius 2 is 1.32 bits per heavy atom. The van der Waals surface area contributed by atoms with E-state index in [0.717, 1.165) is 0 Å². The van der Waals surface area contributed by atoms with Gasteiger partial charge in [0.15, 0.2) is 0 Å². The van der Waals surface area contributed by atoms with Crippen LogP contribution in [0.1, 0.15) is 11.1 Å². The monoisotopic (exact) mass is 318 g/mol. The van der Waals surface area contributed by atoms with Crippen molar-refractivity contribution in [3.8, 4) is 0 Å². The second-order valence-corrected chi connectivity index (χ2v) is 4.60. The first-order valence-corrected chi connectivity index (χ1v) is 5.53. The molecule has 0 saturated heterocycles. The van der Waals surface area contributed by atoms with E-state index < -0.39 is 38.5 Å². The number of hydrogen-bond acceptors (Lipinski definition) is 2. The van der Waals surface area contributed by atoms with E-state index in [4.69, 9.17) is 4.55 Å². The Labute approximate surface area is 125 Å². The Morgan fingerprint density at radius 1 is 0.895 bits per heavy atom. The van der Waals surface area contributed by atoms with Crippen LogP contribution in [0.3, 0.4) is 0 Å². The summed E-state index contributed by atoms with van der Waals surface area (Å²) in [6, 6.07) is -0.0719. The van der Waals surface area contributed by atoms with Crippen LogP contribution < -0.4 is 0 Å². The van der Waals surface area contributed by atoms with Crippen molar-refractivity contribution >= 4 is 39.7 Å². The zero-order valence-corrected chi connectivity index (χ0v) is 8.99. The number of alkyl halides is 6. The summed E-state index contributed by atoms with van der Waals surface area (Å²) in [5.74, 6) is 0. The molecule has 1 aromatic rings. The van der Waals surface area contributed by atoms with E-state index in [1.54, 1.807) is 0 Å². The minimum atomic E-state index is -5.40. The molecule has 0 heterocycles. The molecular weight excluding hydrogens is 313 g/mol. The van der Waals surface area contributed by atoms with E-state index in [-0.39, 0.29) is 47.8 Å².